The molecule has 0 saturated carbocycles. The lowest BCUT2D eigenvalue weighted by molar-refractivity contribution is 0.539. The Kier molecular flexibility index (Phi) is 5.02. The van der Waals surface area contributed by atoms with Crippen molar-refractivity contribution in [1.29, 1.82) is 0 Å². The molecule has 1 aromatic heterocycles. The fourth-order valence-corrected chi connectivity index (χ4v) is 2.25. The predicted molar refractivity (Wildman–Crippen MR) is 80.4 cm³/mol. The minimum absolute atomic E-state index is 0.0246. The van der Waals surface area contributed by atoms with Gasteiger partial charge in [0, 0.05) is 23.8 Å². The number of thioether (sulfide) groups is 1. The summed E-state index contributed by atoms with van der Waals surface area (Å²) in [6.07, 6.45) is 0. The van der Waals surface area contributed by atoms with E-state index in [4.69, 9.17) is 0 Å². The molecule has 0 spiro atoms. The molecule has 4 heteroatoms. The minimum atomic E-state index is -0.0246. The van der Waals surface area contributed by atoms with Gasteiger partial charge >= 0.3 is 0 Å². The Bertz CT molecular complexity index is 397. The Morgan fingerprint density at radius 3 is 2.22 bits per heavy atom. The molecule has 1 heterocycles. The molecule has 0 aromatic carbocycles. The van der Waals surface area contributed by atoms with Crippen molar-refractivity contribution in [2.75, 3.05) is 12.4 Å². The number of hydrogen-bond acceptors (Lipinski definition) is 4. The SMILES string of the molecule is CNc1cc(SC(C)C(C)C)nc(C(C)(C)C)n1. The number of hydrogen-bond donors (Lipinski definition) is 1. The third-order valence-electron chi connectivity index (χ3n) is 2.88. The first-order valence-corrected chi connectivity index (χ1v) is 7.36. The number of aromatic nitrogens is 2. The standard InChI is InChI=1S/C14H25N3S/c1-9(2)10(3)18-12-8-11(15-7)16-13(17-12)14(4,5)6/h8-10H,1-7H3,(H,15,16,17). The molecule has 0 bridgehead atoms. The summed E-state index contributed by atoms with van der Waals surface area (Å²) in [6, 6.07) is 2.03. The second-order valence-corrected chi connectivity index (χ2v) is 7.38. The molecule has 0 aliphatic heterocycles. The van der Waals surface area contributed by atoms with Gasteiger partial charge in [-0.05, 0) is 5.92 Å². The Labute approximate surface area is 115 Å². The van der Waals surface area contributed by atoms with Gasteiger partial charge in [-0.3, -0.25) is 0 Å². The number of nitrogens with zero attached hydrogens (tertiary/aromatic N) is 2. The van der Waals surface area contributed by atoms with Gasteiger partial charge in [-0.2, -0.15) is 0 Å². The van der Waals surface area contributed by atoms with E-state index in [1.54, 1.807) is 0 Å². The summed E-state index contributed by atoms with van der Waals surface area (Å²) < 4.78 is 0. The van der Waals surface area contributed by atoms with Crippen molar-refractivity contribution >= 4 is 17.6 Å². The minimum Gasteiger partial charge on any atom is -0.373 e. The average molecular weight is 267 g/mol. The van der Waals surface area contributed by atoms with E-state index >= 15 is 0 Å². The highest BCUT2D eigenvalue weighted by Crippen LogP contribution is 2.29. The first-order valence-electron chi connectivity index (χ1n) is 6.48. The van der Waals surface area contributed by atoms with Gasteiger partial charge in [0.1, 0.15) is 16.7 Å². The Morgan fingerprint density at radius 2 is 1.78 bits per heavy atom. The maximum Gasteiger partial charge on any atom is 0.137 e. The number of anilines is 1. The van der Waals surface area contributed by atoms with Crippen LogP contribution in [0.5, 0.6) is 0 Å². The van der Waals surface area contributed by atoms with E-state index in [0.29, 0.717) is 11.2 Å². The molecule has 1 N–H and O–H groups in total. The molecule has 102 valence electrons. The molecule has 1 unspecified atom stereocenters. The smallest absolute Gasteiger partial charge is 0.137 e. The first-order chi connectivity index (χ1) is 8.24. The van der Waals surface area contributed by atoms with Gasteiger partial charge in [0.25, 0.3) is 0 Å². The van der Waals surface area contributed by atoms with Gasteiger partial charge in [-0.15, -0.1) is 11.8 Å². The maximum atomic E-state index is 4.69. The second kappa shape index (κ2) is 5.91. The lowest BCUT2D eigenvalue weighted by atomic mass is 9.96. The van der Waals surface area contributed by atoms with E-state index in [9.17, 15) is 0 Å². The Morgan fingerprint density at radius 1 is 1.17 bits per heavy atom. The van der Waals surface area contributed by atoms with Crippen LogP contribution in [0.2, 0.25) is 0 Å². The fraction of sp³-hybridized carbons (Fsp3) is 0.714. The lowest BCUT2D eigenvalue weighted by Crippen LogP contribution is -2.17. The topological polar surface area (TPSA) is 37.8 Å². The van der Waals surface area contributed by atoms with Crippen LogP contribution in [0.25, 0.3) is 0 Å². The molecule has 0 saturated heterocycles. The van der Waals surface area contributed by atoms with Crippen molar-refractivity contribution in [1.82, 2.24) is 9.97 Å². The van der Waals surface area contributed by atoms with E-state index in [2.05, 4.69) is 56.8 Å². The third kappa shape index (κ3) is 4.16. The average Bonchev–Trinajstić information content (AvgIpc) is 2.27. The van der Waals surface area contributed by atoms with Crippen LogP contribution in [0.1, 0.15) is 47.4 Å². The molecular formula is C14H25N3S. The van der Waals surface area contributed by atoms with Crippen LogP contribution in [0.3, 0.4) is 0 Å². The van der Waals surface area contributed by atoms with Crippen LogP contribution >= 0.6 is 11.8 Å². The lowest BCUT2D eigenvalue weighted by Gasteiger charge is -2.20. The van der Waals surface area contributed by atoms with Gasteiger partial charge in [-0.1, -0.05) is 41.5 Å². The highest BCUT2D eigenvalue weighted by molar-refractivity contribution is 7.99. The van der Waals surface area contributed by atoms with E-state index in [0.717, 1.165) is 16.7 Å². The van der Waals surface area contributed by atoms with Crippen LogP contribution in [-0.4, -0.2) is 22.3 Å². The quantitative estimate of drug-likeness (QED) is 0.662. The molecule has 0 aliphatic carbocycles. The summed E-state index contributed by atoms with van der Waals surface area (Å²) in [5, 5.41) is 4.73. The highest BCUT2D eigenvalue weighted by atomic mass is 32.2. The van der Waals surface area contributed by atoms with Crippen molar-refractivity contribution in [3.05, 3.63) is 11.9 Å². The summed E-state index contributed by atoms with van der Waals surface area (Å²) in [6.45, 7) is 13.1. The van der Waals surface area contributed by atoms with Gasteiger partial charge in [-0.25, -0.2) is 9.97 Å². The van der Waals surface area contributed by atoms with Crippen molar-refractivity contribution in [3.63, 3.8) is 0 Å². The third-order valence-corrected chi connectivity index (χ3v) is 4.24. The molecule has 0 radical (unpaired) electrons. The van der Waals surface area contributed by atoms with E-state index in [-0.39, 0.29) is 5.41 Å². The van der Waals surface area contributed by atoms with E-state index < -0.39 is 0 Å². The van der Waals surface area contributed by atoms with Crippen molar-refractivity contribution in [2.24, 2.45) is 5.92 Å². The monoisotopic (exact) mass is 267 g/mol. The molecule has 1 rings (SSSR count). The Hall–Kier alpha value is -0.770. The van der Waals surface area contributed by atoms with Crippen molar-refractivity contribution in [2.45, 2.75) is 57.2 Å². The van der Waals surface area contributed by atoms with Crippen LogP contribution in [0.15, 0.2) is 11.1 Å². The summed E-state index contributed by atoms with van der Waals surface area (Å²) in [7, 11) is 1.90. The molecule has 1 atom stereocenters. The maximum absolute atomic E-state index is 4.69. The van der Waals surface area contributed by atoms with E-state index in [1.807, 2.05) is 24.9 Å². The molecule has 0 fully saturated rings. The van der Waals surface area contributed by atoms with Gasteiger partial charge < -0.3 is 5.32 Å². The van der Waals surface area contributed by atoms with Crippen molar-refractivity contribution in [3.8, 4) is 0 Å². The van der Waals surface area contributed by atoms with Gasteiger partial charge in [0.05, 0.1) is 0 Å². The van der Waals surface area contributed by atoms with Gasteiger partial charge in [0.2, 0.25) is 0 Å². The zero-order valence-corrected chi connectivity index (χ0v) is 13.4. The first kappa shape index (κ1) is 15.3. The summed E-state index contributed by atoms with van der Waals surface area (Å²) in [5.41, 5.74) is -0.0246. The molecule has 3 nitrogen and oxygen atoms in total. The Balaban J connectivity index is 3.05. The zero-order valence-electron chi connectivity index (χ0n) is 12.5. The van der Waals surface area contributed by atoms with Crippen LogP contribution < -0.4 is 5.32 Å². The number of rotatable bonds is 4. The van der Waals surface area contributed by atoms with Crippen molar-refractivity contribution < 1.29 is 0 Å². The van der Waals surface area contributed by atoms with Crippen LogP contribution in [-0.2, 0) is 5.41 Å². The molecule has 1 aromatic rings. The number of nitrogens with one attached hydrogen (secondary N) is 1. The summed E-state index contributed by atoms with van der Waals surface area (Å²) >= 11 is 1.82. The normalized spacial score (nSPS) is 13.8. The van der Waals surface area contributed by atoms with Crippen LogP contribution in [0, 0.1) is 5.92 Å². The summed E-state index contributed by atoms with van der Waals surface area (Å²) in [4.78, 5) is 9.23. The molecule has 18 heavy (non-hydrogen) atoms. The molecule has 0 amide bonds. The fourth-order valence-electron chi connectivity index (χ4n) is 1.28. The highest BCUT2D eigenvalue weighted by Gasteiger charge is 2.20. The van der Waals surface area contributed by atoms with Gasteiger partial charge in [0.15, 0.2) is 0 Å². The summed E-state index contributed by atoms with van der Waals surface area (Å²) in [5.74, 6) is 2.43. The molecule has 0 aliphatic rings. The van der Waals surface area contributed by atoms with E-state index in [1.165, 1.54) is 0 Å². The largest absolute Gasteiger partial charge is 0.373 e. The predicted octanol–water partition coefficient (Wildman–Crippen LogP) is 3.95. The van der Waals surface area contributed by atoms with Crippen LogP contribution in [0.4, 0.5) is 5.82 Å². The molecular weight excluding hydrogens is 242 g/mol. The second-order valence-electron chi connectivity index (χ2n) is 5.98. The zero-order chi connectivity index (χ0) is 13.9.